The Balaban J connectivity index is 2.75. The Morgan fingerprint density at radius 3 is 2.70 bits per heavy atom. The highest BCUT2D eigenvalue weighted by atomic mass is 16.5. The molecule has 0 aliphatic heterocycles. The van der Waals surface area contributed by atoms with Crippen molar-refractivity contribution >= 4 is 0 Å². The molecule has 0 aliphatic carbocycles. The normalized spacial score (nSPS) is 10.6. The molecule has 0 saturated carbocycles. The second-order valence-electron chi connectivity index (χ2n) is 5.08. The minimum atomic E-state index is 0.451. The molecule has 0 saturated heterocycles. The smallest absolute Gasteiger partial charge is 0.127 e. The van der Waals surface area contributed by atoms with Gasteiger partial charge in [-0.15, -0.1) is 6.58 Å². The summed E-state index contributed by atoms with van der Waals surface area (Å²) in [6, 6.07) is 6.51. The van der Waals surface area contributed by atoms with Gasteiger partial charge >= 0.3 is 0 Å². The molecule has 0 fully saturated rings. The lowest BCUT2D eigenvalue weighted by Gasteiger charge is -2.15. The molecule has 1 aromatic rings. The van der Waals surface area contributed by atoms with Gasteiger partial charge in [0.1, 0.15) is 11.5 Å². The Bertz CT molecular complexity index is 402. The molecule has 0 aromatic heterocycles. The average Bonchev–Trinajstić information content (AvgIpc) is 2.44. The third-order valence-electron chi connectivity index (χ3n) is 2.79. The second-order valence-corrected chi connectivity index (χ2v) is 5.08. The van der Waals surface area contributed by atoms with E-state index in [0.29, 0.717) is 12.6 Å². The van der Waals surface area contributed by atoms with Crippen LogP contribution in [-0.2, 0) is 6.54 Å². The maximum Gasteiger partial charge on any atom is 0.127 e. The van der Waals surface area contributed by atoms with Crippen molar-refractivity contribution in [2.75, 3.05) is 13.2 Å². The lowest BCUT2D eigenvalue weighted by Crippen LogP contribution is -2.22. The van der Waals surface area contributed by atoms with E-state index in [1.54, 1.807) is 0 Å². The van der Waals surface area contributed by atoms with E-state index >= 15 is 0 Å². The maximum atomic E-state index is 5.84. The van der Waals surface area contributed by atoms with E-state index < -0.39 is 0 Å². The zero-order valence-electron chi connectivity index (χ0n) is 12.9. The Kier molecular flexibility index (Phi) is 7.81. The van der Waals surface area contributed by atoms with Crippen LogP contribution in [0.5, 0.6) is 11.5 Å². The molecule has 1 N–H and O–H groups in total. The number of hydrogen-bond donors (Lipinski definition) is 1. The summed E-state index contributed by atoms with van der Waals surface area (Å²) in [5.74, 6) is 1.77. The zero-order valence-corrected chi connectivity index (χ0v) is 12.9. The molecular weight excluding hydrogens is 250 g/mol. The van der Waals surface area contributed by atoms with Crippen LogP contribution in [-0.4, -0.2) is 19.3 Å². The molecule has 0 bridgehead atoms. The summed E-state index contributed by atoms with van der Waals surface area (Å²) in [5, 5.41) is 3.41. The Labute approximate surface area is 123 Å². The summed E-state index contributed by atoms with van der Waals surface area (Å²) >= 11 is 0. The van der Waals surface area contributed by atoms with Gasteiger partial charge in [-0.2, -0.15) is 0 Å². The van der Waals surface area contributed by atoms with Gasteiger partial charge < -0.3 is 14.8 Å². The lowest BCUT2D eigenvalue weighted by atomic mass is 10.1. The molecule has 1 aromatic carbocycles. The van der Waals surface area contributed by atoms with Crippen LogP contribution in [0.25, 0.3) is 0 Å². The SMILES string of the molecule is C=CCCOc1cc(OCCC)ccc1CNC(C)C. The molecule has 0 spiro atoms. The molecule has 20 heavy (non-hydrogen) atoms. The van der Waals surface area contributed by atoms with Crippen LogP contribution < -0.4 is 14.8 Å². The molecular formula is C17H27NO2. The van der Waals surface area contributed by atoms with Crippen molar-refractivity contribution in [1.82, 2.24) is 5.32 Å². The van der Waals surface area contributed by atoms with Gasteiger partial charge in [0.05, 0.1) is 13.2 Å². The Morgan fingerprint density at radius 1 is 1.25 bits per heavy atom. The number of nitrogens with one attached hydrogen (secondary N) is 1. The largest absolute Gasteiger partial charge is 0.493 e. The van der Waals surface area contributed by atoms with E-state index in [1.807, 2.05) is 18.2 Å². The Morgan fingerprint density at radius 2 is 2.05 bits per heavy atom. The van der Waals surface area contributed by atoms with Crippen LogP contribution in [0.2, 0.25) is 0 Å². The van der Waals surface area contributed by atoms with Crippen LogP contribution in [0.3, 0.4) is 0 Å². The quantitative estimate of drug-likeness (QED) is 0.519. The van der Waals surface area contributed by atoms with Gasteiger partial charge in [-0.1, -0.05) is 32.9 Å². The van der Waals surface area contributed by atoms with Crippen molar-refractivity contribution in [3.05, 3.63) is 36.4 Å². The fraction of sp³-hybridized carbons (Fsp3) is 0.529. The summed E-state index contributed by atoms with van der Waals surface area (Å²) in [7, 11) is 0. The van der Waals surface area contributed by atoms with Crippen molar-refractivity contribution in [3.8, 4) is 11.5 Å². The number of rotatable bonds is 10. The second kappa shape index (κ2) is 9.43. The average molecular weight is 277 g/mol. The lowest BCUT2D eigenvalue weighted by molar-refractivity contribution is 0.302. The molecule has 0 atom stereocenters. The molecule has 3 nitrogen and oxygen atoms in total. The summed E-state index contributed by atoms with van der Waals surface area (Å²) in [6.07, 6.45) is 3.71. The first kappa shape index (κ1) is 16.6. The molecule has 0 amide bonds. The van der Waals surface area contributed by atoms with Crippen LogP contribution in [0, 0.1) is 0 Å². The predicted octanol–water partition coefficient (Wildman–Crippen LogP) is 3.93. The first-order valence-corrected chi connectivity index (χ1v) is 7.40. The van der Waals surface area contributed by atoms with Gasteiger partial charge in [0, 0.05) is 24.2 Å². The number of benzene rings is 1. The van der Waals surface area contributed by atoms with Crippen LogP contribution in [0.4, 0.5) is 0 Å². The van der Waals surface area contributed by atoms with Crippen molar-refractivity contribution in [3.63, 3.8) is 0 Å². The third kappa shape index (κ3) is 6.11. The highest BCUT2D eigenvalue weighted by Crippen LogP contribution is 2.25. The first-order valence-electron chi connectivity index (χ1n) is 7.40. The monoisotopic (exact) mass is 277 g/mol. The topological polar surface area (TPSA) is 30.5 Å². The van der Waals surface area contributed by atoms with E-state index in [2.05, 4.69) is 38.7 Å². The molecule has 3 heteroatoms. The van der Waals surface area contributed by atoms with Crippen molar-refractivity contribution in [2.24, 2.45) is 0 Å². The van der Waals surface area contributed by atoms with E-state index in [-0.39, 0.29) is 0 Å². The predicted molar refractivity (Wildman–Crippen MR) is 84.5 cm³/mol. The molecule has 0 aliphatic rings. The van der Waals surface area contributed by atoms with Crippen molar-refractivity contribution in [1.29, 1.82) is 0 Å². The summed E-state index contributed by atoms with van der Waals surface area (Å²) in [4.78, 5) is 0. The minimum absolute atomic E-state index is 0.451. The van der Waals surface area contributed by atoms with Gasteiger partial charge in [-0.3, -0.25) is 0 Å². The summed E-state index contributed by atoms with van der Waals surface area (Å²) < 4.78 is 11.5. The molecule has 112 valence electrons. The molecule has 1 rings (SSSR count). The van der Waals surface area contributed by atoms with Crippen LogP contribution in [0.1, 0.15) is 39.2 Å². The van der Waals surface area contributed by atoms with Gasteiger partial charge in [0.15, 0.2) is 0 Å². The summed E-state index contributed by atoms with van der Waals surface area (Å²) in [6.45, 7) is 12.3. The summed E-state index contributed by atoms with van der Waals surface area (Å²) in [5.41, 5.74) is 1.16. The highest BCUT2D eigenvalue weighted by molar-refractivity contribution is 5.40. The highest BCUT2D eigenvalue weighted by Gasteiger charge is 2.07. The number of hydrogen-bond acceptors (Lipinski definition) is 3. The Hall–Kier alpha value is -1.48. The zero-order chi connectivity index (χ0) is 14.8. The number of ether oxygens (including phenoxy) is 2. The van der Waals surface area contributed by atoms with Gasteiger partial charge in [0.2, 0.25) is 0 Å². The van der Waals surface area contributed by atoms with Gasteiger partial charge in [-0.05, 0) is 18.9 Å². The van der Waals surface area contributed by atoms with E-state index in [0.717, 1.165) is 43.1 Å². The van der Waals surface area contributed by atoms with Gasteiger partial charge in [-0.25, -0.2) is 0 Å². The van der Waals surface area contributed by atoms with E-state index in [9.17, 15) is 0 Å². The first-order chi connectivity index (χ1) is 9.67. The maximum absolute atomic E-state index is 5.84. The molecule has 0 unspecified atom stereocenters. The van der Waals surface area contributed by atoms with E-state index in [1.165, 1.54) is 0 Å². The third-order valence-corrected chi connectivity index (χ3v) is 2.79. The molecule has 0 heterocycles. The molecule has 0 radical (unpaired) electrons. The van der Waals surface area contributed by atoms with Crippen LogP contribution in [0.15, 0.2) is 30.9 Å². The van der Waals surface area contributed by atoms with Crippen LogP contribution >= 0.6 is 0 Å². The fourth-order valence-corrected chi connectivity index (χ4v) is 1.69. The standard InChI is InChI=1S/C17H27NO2/c1-5-7-11-20-17-12-16(19-10-6-2)9-8-15(17)13-18-14(3)4/h5,8-9,12,14,18H,1,6-7,10-11,13H2,2-4H3. The fourth-order valence-electron chi connectivity index (χ4n) is 1.69. The minimum Gasteiger partial charge on any atom is -0.493 e. The van der Waals surface area contributed by atoms with Crippen molar-refractivity contribution in [2.45, 2.75) is 46.2 Å². The van der Waals surface area contributed by atoms with Crippen molar-refractivity contribution < 1.29 is 9.47 Å². The van der Waals surface area contributed by atoms with E-state index in [4.69, 9.17) is 9.47 Å². The van der Waals surface area contributed by atoms with Gasteiger partial charge in [0.25, 0.3) is 0 Å².